The Morgan fingerprint density at radius 2 is 1.93 bits per heavy atom. The summed E-state index contributed by atoms with van der Waals surface area (Å²) in [4.78, 5) is 23.7. The quantitative estimate of drug-likeness (QED) is 0.620. The topological polar surface area (TPSA) is 77.8 Å². The van der Waals surface area contributed by atoms with E-state index in [4.69, 9.17) is 23.2 Å². The molecule has 3 heterocycles. The zero-order chi connectivity index (χ0) is 20.8. The number of nitrogens with one attached hydrogen (secondary N) is 1. The van der Waals surface area contributed by atoms with E-state index >= 15 is 0 Å². The number of aromatic nitrogens is 1. The van der Waals surface area contributed by atoms with Crippen molar-refractivity contribution < 1.29 is 9.90 Å². The number of thiazole rings is 1. The standard InChI is InChI=1S/C21H16Cl2N4O2S/c22-13-4-3-5-15(17(13)23)25-21-26-20(29)18(30-21)16-12-10-11(27-8-1-2-9-27)6-7-14(12)24-19(16)28/h3-7,10,29H,1-2,8-9H2,(H,25,26). The summed E-state index contributed by atoms with van der Waals surface area (Å²) in [6.45, 7) is 2.00. The number of benzene rings is 2. The molecule has 1 saturated heterocycles. The minimum absolute atomic E-state index is 0.223. The Bertz CT molecular complexity index is 1300. The van der Waals surface area contributed by atoms with Crippen LogP contribution in [0.15, 0.2) is 41.4 Å². The summed E-state index contributed by atoms with van der Waals surface area (Å²) in [5.74, 6) is -0.603. The van der Waals surface area contributed by atoms with Crippen molar-refractivity contribution in [2.75, 3.05) is 23.3 Å². The fraction of sp³-hybridized carbons (Fsp3) is 0.190. The highest BCUT2D eigenvalue weighted by molar-refractivity contribution is 7.17. The van der Waals surface area contributed by atoms with Gasteiger partial charge < -0.3 is 15.3 Å². The van der Waals surface area contributed by atoms with Crippen molar-refractivity contribution in [3.05, 3.63) is 61.9 Å². The molecule has 0 atom stereocenters. The number of hydrogen-bond acceptors (Lipinski definition) is 6. The Morgan fingerprint density at radius 1 is 1.13 bits per heavy atom. The number of fused-ring (bicyclic) bond motifs is 1. The lowest BCUT2D eigenvalue weighted by Crippen LogP contribution is -2.27. The Kier molecular flexibility index (Phi) is 4.89. The van der Waals surface area contributed by atoms with E-state index < -0.39 is 0 Å². The second-order valence-corrected chi connectivity index (χ2v) is 8.87. The molecule has 2 aromatic carbocycles. The van der Waals surface area contributed by atoms with Crippen LogP contribution in [0.2, 0.25) is 10.0 Å². The molecule has 3 aromatic rings. The molecule has 1 fully saturated rings. The lowest BCUT2D eigenvalue weighted by atomic mass is 10.1. The van der Waals surface area contributed by atoms with Gasteiger partial charge in [0.2, 0.25) is 5.88 Å². The molecule has 9 heteroatoms. The Balaban J connectivity index is 1.58. The van der Waals surface area contributed by atoms with Crippen molar-refractivity contribution in [1.29, 1.82) is 0 Å². The molecule has 0 unspecified atom stereocenters. The zero-order valence-corrected chi connectivity index (χ0v) is 18.0. The number of hydrogen-bond donors (Lipinski definition) is 2. The van der Waals surface area contributed by atoms with Crippen LogP contribution in [0.4, 0.5) is 16.5 Å². The van der Waals surface area contributed by atoms with Crippen LogP contribution in [-0.2, 0) is 4.79 Å². The summed E-state index contributed by atoms with van der Waals surface area (Å²) in [5, 5.41) is 16.0. The molecule has 2 aliphatic rings. The van der Waals surface area contributed by atoms with E-state index in [-0.39, 0.29) is 11.8 Å². The van der Waals surface area contributed by atoms with Gasteiger partial charge in [0.15, 0.2) is 5.13 Å². The molecule has 0 aliphatic carbocycles. The van der Waals surface area contributed by atoms with Crippen LogP contribution in [0.3, 0.4) is 0 Å². The van der Waals surface area contributed by atoms with Crippen LogP contribution in [0.1, 0.15) is 17.7 Å². The first-order valence-corrected chi connectivity index (χ1v) is 11.0. The van der Waals surface area contributed by atoms with Crippen molar-refractivity contribution in [3.8, 4) is 5.88 Å². The normalized spacial score (nSPS) is 15.5. The Hall–Kier alpha value is -2.61. The van der Waals surface area contributed by atoms with Crippen molar-refractivity contribution in [2.24, 2.45) is 4.99 Å². The molecule has 2 N–H and O–H groups in total. The third-order valence-electron chi connectivity index (χ3n) is 5.19. The number of amides is 1. The van der Waals surface area contributed by atoms with E-state index in [1.165, 1.54) is 11.3 Å². The molecule has 0 saturated carbocycles. The minimum atomic E-state index is -0.380. The number of rotatable bonds is 4. The average molecular weight is 459 g/mol. The highest BCUT2D eigenvalue weighted by Gasteiger charge is 2.26. The maximum atomic E-state index is 12.7. The van der Waals surface area contributed by atoms with Crippen LogP contribution in [0, 0.1) is 0 Å². The molecule has 1 amide bonds. The summed E-state index contributed by atoms with van der Waals surface area (Å²) >= 11 is 13.5. The second kappa shape index (κ2) is 7.58. The van der Waals surface area contributed by atoms with Crippen molar-refractivity contribution >= 4 is 62.5 Å². The third kappa shape index (κ3) is 3.33. The first kappa shape index (κ1) is 19.4. The molecular formula is C21H16Cl2N4O2S. The lowest BCUT2D eigenvalue weighted by molar-refractivity contribution is -0.112. The van der Waals surface area contributed by atoms with Gasteiger partial charge in [0.25, 0.3) is 5.91 Å². The summed E-state index contributed by atoms with van der Waals surface area (Å²) in [5.41, 5.74) is 1.99. The Morgan fingerprint density at radius 3 is 2.73 bits per heavy atom. The maximum Gasteiger partial charge on any atom is 0.279 e. The number of halogens is 2. The fourth-order valence-corrected chi connectivity index (χ4v) is 5.01. The molecule has 0 spiro atoms. The molecule has 0 radical (unpaired) electrons. The number of nitrogens with zero attached hydrogens (tertiary/aromatic N) is 3. The van der Waals surface area contributed by atoms with Crippen LogP contribution in [0.25, 0.3) is 5.57 Å². The van der Waals surface area contributed by atoms with Gasteiger partial charge in [-0.15, -0.1) is 0 Å². The van der Waals surface area contributed by atoms with Crippen LogP contribution < -0.4 is 20.8 Å². The maximum absolute atomic E-state index is 12.7. The Labute approximate surface area is 186 Å². The van der Waals surface area contributed by atoms with E-state index in [9.17, 15) is 9.90 Å². The minimum Gasteiger partial charge on any atom is -0.492 e. The largest absolute Gasteiger partial charge is 0.492 e. The summed E-state index contributed by atoms with van der Waals surface area (Å²) < 4.78 is 0. The summed E-state index contributed by atoms with van der Waals surface area (Å²) in [6, 6.07) is 11.0. The fourth-order valence-electron chi connectivity index (χ4n) is 3.74. The van der Waals surface area contributed by atoms with E-state index in [0.717, 1.165) is 36.8 Å². The SMILES string of the molecule is O=C1N=c2ccc(N3CCCC3)cc2=C1c1sc(Nc2cccc(Cl)c2Cl)nc1O. The zero-order valence-electron chi connectivity index (χ0n) is 15.7. The van der Waals surface area contributed by atoms with Crippen LogP contribution in [0.5, 0.6) is 5.88 Å². The first-order chi connectivity index (χ1) is 14.5. The summed E-state index contributed by atoms with van der Waals surface area (Å²) in [6.07, 6.45) is 2.32. The number of carbonyl (C=O) groups is 1. The van der Waals surface area contributed by atoms with E-state index in [1.807, 2.05) is 18.2 Å². The number of anilines is 3. The van der Waals surface area contributed by atoms with E-state index in [0.29, 0.717) is 36.7 Å². The van der Waals surface area contributed by atoms with Crippen molar-refractivity contribution in [2.45, 2.75) is 12.8 Å². The highest BCUT2D eigenvalue weighted by atomic mass is 35.5. The van der Waals surface area contributed by atoms with Gasteiger partial charge in [0.1, 0.15) is 4.88 Å². The van der Waals surface area contributed by atoms with Gasteiger partial charge in [-0.1, -0.05) is 40.6 Å². The smallest absolute Gasteiger partial charge is 0.279 e. The van der Waals surface area contributed by atoms with Crippen molar-refractivity contribution in [3.63, 3.8) is 0 Å². The van der Waals surface area contributed by atoms with Crippen LogP contribution in [-0.4, -0.2) is 29.1 Å². The lowest BCUT2D eigenvalue weighted by Gasteiger charge is -2.17. The molecule has 30 heavy (non-hydrogen) atoms. The number of carbonyl (C=O) groups excluding carboxylic acids is 1. The van der Waals surface area contributed by atoms with Gasteiger partial charge in [-0.3, -0.25) is 4.79 Å². The molecule has 1 aromatic heterocycles. The second-order valence-electron chi connectivity index (χ2n) is 7.09. The molecule has 6 nitrogen and oxygen atoms in total. The predicted octanol–water partition coefficient (Wildman–Crippen LogP) is 3.86. The molecule has 5 rings (SSSR count). The summed E-state index contributed by atoms with van der Waals surface area (Å²) in [7, 11) is 0. The first-order valence-electron chi connectivity index (χ1n) is 9.45. The molecule has 2 aliphatic heterocycles. The molecule has 152 valence electrons. The average Bonchev–Trinajstić information content (AvgIpc) is 3.44. The van der Waals surface area contributed by atoms with Gasteiger partial charge >= 0.3 is 0 Å². The van der Waals surface area contributed by atoms with Crippen molar-refractivity contribution in [1.82, 2.24) is 4.98 Å². The molecular weight excluding hydrogens is 443 g/mol. The van der Waals surface area contributed by atoms with Gasteiger partial charge in [-0.05, 0) is 43.2 Å². The highest BCUT2D eigenvalue weighted by Crippen LogP contribution is 2.38. The van der Waals surface area contributed by atoms with E-state index in [1.54, 1.807) is 18.2 Å². The van der Waals surface area contributed by atoms with Crippen LogP contribution >= 0.6 is 34.5 Å². The third-order valence-corrected chi connectivity index (χ3v) is 6.98. The van der Waals surface area contributed by atoms with Gasteiger partial charge in [-0.2, -0.15) is 4.98 Å². The van der Waals surface area contributed by atoms with E-state index in [2.05, 4.69) is 20.2 Å². The monoisotopic (exact) mass is 458 g/mol. The van der Waals surface area contributed by atoms with Gasteiger partial charge in [0.05, 0.1) is 26.7 Å². The molecule has 0 bridgehead atoms. The van der Waals surface area contributed by atoms with Gasteiger partial charge in [-0.25, -0.2) is 4.99 Å². The predicted molar refractivity (Wildman–Crippen MR) is 120 cm³/mol. The number of aromatic hydroxyl groups is 1. The van der Waals surface area contributed by atoms with Gasteiger partial charge in [0, 0.05) is 24.0 Å².